The lowest BCUT2D eigenvalue weighted by Gasteiger charge is -2.12. The van der Waals surface area contributed by atoms with Gasteiger partial charge in [-0.3, -0.25) is 4.79 Å². The molecule has 0 atom stereocenters. The van der Waals surface area contributed by atoms with E-state index in [1.165, 1.54) is 0 Å². The molecule has 2 rings (SSSR count). The molecule has 0 fully saturated rings. The van der Waals surface area contributed by atoms with Crippen molar-refractivity contribution >= 4 is 35.1 Å². The van der Waals surface area contributed by atoms with Gasteiger partial charge < -0.3 is 15.5 Å². The molecule has 0 aromatic heterocycles. The highest BCUT2D eigenvalue weighted by Gasteiger charge is 2.07. The fraction of sp³-hybridized carbons (Fsp3) is 0.364. The van der Waals surface area contributed by atoms with Gasteiger partial charge in [0.25, 0.3) is 5.91 Å². The lowest BCUT2D eigenvalue weighted by atomic mass is 10.1. The van der Waals surface area contributed by atoms with E-state index in [0.29, 0.717) is 22.2 Å². The van der Waals surface area contributed by atoms with Crippen LogP contribution < -0.4 is 10.6 Å². The van der Waals surface area contributed by atoms with E-state index in [4.69, 9.17) is 23.2 Å². The Hall–Kier alpha value is -2.24. The van der Waals surface area contributed by atoms with Crippen molar-refractivity contribution in [3.63, 3.8) is 0 Å². The van der Waals surface area contributed by atoms with Gasteiger partial charge >= 0.3 is 0 Å². The molecule has 0 saturated heterocycles. The Morgan fingerprint density at radius 3 is 2.41 bits per heavy atom. The van der Waals surface area contributed by atoms with Gasteiger partial charge in [0.05, 0.1) is 6.54 Å². The molecule has 0 bridgehead atoms. The number of aliphatic imine (C=N–C) groups is 1. The zero-order valence-electron chi connectivity index (χ0n) is 17.1. The quantitative estimate of drug-likeness (QED) is 0.368. The Balaban J connectivity index is 1.86. The minimum atomic E-state index is -0.00384. The molecule has 0 saturated carbocycles. The molecule has 29 heavy (non-hydrogen) atoms. The van der Waals surface area contributed by atoms with Crippen molar-refractivity contribution in [3.8, 4) is 0 Å². The molecule has 5 nitrogen and oxygen atoms in total. The lowest BCUT2D eigenvalue weighted by Crippen LogP contribution is -2.37. The van der Waals surface area contributed by atoms with Crippen LogP contribution in [0.5, 0.6) is 0 Å². The first-order chi connectivity index (χ1) is 13.9. The fourth-order valence-electron chi connectivity index (χ4n) is 2.73. The first-order valence-electron chi connectivity index (χ1n) is 9.67. The summed E-state index contributed by atoms with van der Waals surface area (Å²) in [5.41, 5.74) is 2.81. The average Bonchev–Trinajstić information content (AvgIpc) is 2.70. The van der Waals surface area contributed by atoms with Crippen LogP contribution in [-0.4, -0.2) is 44.0 Å². The number of guanidine groups is 1. The number of halogens is 2. The van der Waals surface area contributed by atoms with Gasteiger partial charge in [-0.2, -0.15) is 0 Å². The Bertz CT molecular complexity index is 835. The molecular weight excluding hydrogens is 407 g/mol. The minimum Gasteiger partial charge on any atom is -0.357 e. The number of hydrogen-bond donors (Lipinski definition) is 2. The first kappa shape index (κ1) is 23.0. The molecule has 0 unspecified atom stereocenters. The van der Waals surface area contributed by atoms with Gasteiger partial charge in [-0.1, -0.05) is 41.4 Å². The summed E-state index contributed by atoms with van der Waals surface area (Å²) >= 11 is 12.2. The molecule has 0 aliphatic carbocycles. The number of carbonyl (C=O) groups excluding carboxylic acids is 1. The maximum atomic E-state index is 12.0. The van der Waals surface area contributed by atoms with Crippen molar-refractivity contribution in [2.75, 3.05) is 27.2 Å². The summed E-state index contributed by atoms with van der Waals surface area (Å²) < 4.78 is 0. The van der Waals surface area contributed by atoms with Crippen LogP contribution in [-0.2, 0) is 13.0 Å². The van der Waals surface area contributed by atoms with Gasteiger partial charge in [0.1, 0.15) is 0 Å². The number of amides is 1. The zero-order chi connectivity index (χ0) is 21.2. The fourth-order valence-corrected chi connectivity index (χ4v) is 3.24. The van der Waals surface area contributed by atoms with Crippen LogP contribution in [0.15, 0.2) is 47.5 Å². The predicted molar refractivity (Wildman–Crippen MR) is 122 cm³/mol. The molecule has 2 N–H and O–H groups in total. The highest BCUT2D eigenvalue weighted by molar-refractivity contribution is 6.35. The second-order valence-corrected chi connectivity index (χ2v) is 7.70. The standard InChI is InChI=1S/C22H28Cl2N4O/c1-4-25-22(26-13-5-6-17-11-12-19(23)14-20(17)24)27-15-16-7-9-18(10-8-16)21(29)28(2)3/h7-12,14H,4-6,13,15H2,1-3H3,(H2,25,26,27). The van der Waals surface area contributed by atoms with Crippen LogP contribution >= 0.6 is 23.2 Å². The minimum absolute atomic E-state index is 0.00384. The van der Waals surface area contributed by atoms with Crippen molar-refractivity contribution in [3.05, 3.63) is 69.2 Å². The van der Waals surface area contributed by atoms with Gasteiger partial charge in [-0.25, -0.2) is 4.99 Å². The van der Waals surface area contributed by atoms with E-state index in [9.17, 15) is 4.79 Å². The zero-order valence-corrected chi connectivity index (χ0v) is 18.6. The molecule has 0 aliphatic rings. The lowest BCUT2D eigenvalue weighted by molar-refractivity contribution is 0.0827. The van der Waals surface area contributed by atoms with E-state index >= 15 is 0 Å². The summed E-state index contributed by atoms with van der Waals surface area (Å²) in [6.45, 7) is 4.13. The summed E-state index contributed by atoms with van der Waals surface area (Å²) in [5.74, 6) is 0.763. The predicted octanol–water partition coefficient (Wildman–Crippen LogP) is 4.38. The number of carbonyl (C=O) groups is 1. The van der Waals surface area contributed by atoms with Gasteiger partial charge in [0.2, 0.25) is 0 Å². The summed E-state index contributed by atoms with van der Waals surface area (Å²) in [6.07, 6.45) is 1.79. The van der Waals surface area contributed by atoms with Gasteiger partial charge in [-0.05, 0) is 55.2 Å². The average molecular weight is 435 g/mol. The molecule has 156 valence electrons. The Morgan fingerprint density at radius 1 is 1.07 bits per heavy atom. The van der Waals surface area contributed by atoms with E-state index in [1.54, 1.807) is 25.1 Å². The number of nitrogens with zero attached hydrogens (tertiary/aromatic N) is 2. The number of aryl methyl sites for hydroxylation is 1. The number of benzene rings is 2. The summed E-state index contributed by atoms with van der Waals surface area (Å²) in [7, 11) is 3.49. The number of rotatable bonds is 8. The molecule has 2 aromatic rings. The molecule has 7 heteroatoms. The second kappa shape index (κ2) is 11.7. The van der Waals surface area contributed by atoms with Crippen molar-refractivity contribution in [2.24, 2.45) is 4.99 Å². The van der Waals surface area contributed by atoms with Crippen molar-refractivity contribution in [1.29, 1.82) is 0 Å². The van der Waals surface area contributed by atoms with Crippen LogP contribution in [0.1, 0.15) is 34.8 Å². The Kier molecular flexibility index (Phi) is 9.29. The van der Waals surface area contributed by atoms with Gasteiger partial charge in [0.15, 0.2) is 5.96 Å². The normalized spacial score (nSPS) is 11.3. The smallest absolute Gasteiger partial charge is 0.253 e. The third kappa shape index (κ3) is 7.59. The summed E-state index contributed by atoms with van der Waals surface area (Å²) in [4.78, 5) is 18.1. The van der Waals surface area contributed by atoms with Crippen molar-refractivity contribution < 1.29 is 4.79 Å². The van der Waals surface area contributed by atoms with Crippen LogP contribution in [0.25, 0.3) is 0 Å². The monoisotopic (exact) mass is 434 g/mol. The first-order valence-corrected chi connectivity index (χ1v) is 10.4. The van der Waals surface area contributed by atoms with E-state index in [2.05, 4.69) is 15.6 Å². The van der Waals surface area contributed by atoms with Crippen LogP contribution in [0.3, 0.4) is 0 Å². The molecule has 1 amide bonds. The SMILES string of the molecule is CCNC(=NCc1ccc(C(=O)N(C)C)cc1)NCCCc1ccc(Cl)cc1Cl. The van der Waals surface area contributed by atoms with E-state index in [0.717, 1.165) is 43.0 Å². The largest absolute Gasteiger partial charge is 0.357 e. The highest BCUT2D eigenvalue weighted by Crippen LogP contribution is 2.21. The highest BCUT2D eigenvalue weighted by atomic mass is 35.5. The number of nitrogens with one attached hydrogen (secondary N) is 2. The Morgan fingerprint density at radius 2 is 1.79 bits per heavy atom. The second-order valence-electron chi connectivity index (χ2n) is 6.86. The van der Waals surface area contributed by atoms with Crippen LogP contribution in [0.2, 0.25) is 10.0 Å². The van der Waals surface area contributed by atoms with Crippen LogP contribution in [0, 0.1) is 0 Å². The maximum absolute atomic E-state index is 12.0. The summed E-state index contributed by atoms with van der Waals surface area (Å²) in [5, 5.41) is 7.95. The number of hydrogen-bond acceptors (Lipinski definition) is 2. The Labute approximate surface area is 183 Å². The third-order valence-electron chi connectivity index (χ3n) is 4.30. The molecular formula is C22H28Cl2N4O. The molecule has 0 aliphatic heterocycles. The third-order valence-corrected chi connectivity index (χ3v) is 4.89. The topological polar surface area (TPSA) is 56.7 Å². The van der Waals surface area contributed by atoms with Crippen LogP contribution in [0.4, 0.5) is 0 Å². The van der Waals surface area contributed by atoms with E-state index in [-0.39, 0.29) is 5.91 Å². The van der Waals surface area contributed by atoms with Gasteiger partial charge in [-0.15, -0.1) is 0 Å². The van der Waals surface area contributed by atoms with E-state index in [1.807, 2.05) is 43.3 Å². The molecule has 0 radical (unpaired) electrons. The molecule has 0 heterocycles. The van der Waals surface area contributed by atoms with E-state index < -0.39 is 0 Å². The molecule has 0 spiro atoms. The van der Waals surface area contributed by atoms with Crippen molar-refractivity contribution in [2.45, 2.75) is 26.3 Å². The molecule has 2 aromatic carbocycles. The van der Waals surface area contributed by atoms with Crippen molar-refractivity contribution in [1.82, 2.24) is 15.5 Å². The van der Waals surface area contributed by atoms with Gasteiger partial charge in [0, 0.05) is 42.8 Å². The maximum Gasteiger partial charge on any atom is 0.253 e. The summed E-state index contributed by atoms with van der Waals surface area (Å²) in [6, 6.07) is 13.1.